The third-order valence-corrected chi connectivity index (χ3v) is 5.05. The van der Waals surface area contributed by atoms with Crippen LogP contribution in [-0.4, -0.2) is 23.1 Å². The van der Waals surface area contributed by atoms with E-state index < -0.39 is 0 Å². The van der Waals surface area contributed by atoms with Gasteiger partial charge in [-0.05, 0) is 42.8 Å². The van der Waals surface area contributed by atoms with Gasteiger partial charge < -0.3 is 10.1 Å². The third-order valence-electron chi connectivity index (χ3n) is 4.48. The number of nitrogens with one attached hydrogen (secondary N) is 1. The Bertz CT molecular complexity index is 381. The minimum absolute atomic E-state index is 0.00289. The first kappa shape index (κ1) is 12.6. The highest BCUT2D eigenvalue weighted by atomic mass is 32.1. The van der Waals surface area contributed by atoms with E-state index >= 15 is 0 Å². The van der Waals surface area contributed by atoms with Gasteiger partial charge in [0.1, 0.15) is 0 Å². The van der Waals surface area contributed by atoms with Gasteiger partial charge in [0.25, 0.3) is 0 Å². The van der Waals surface area contributed by atoms with Gasteiger partial charge in [0.2, 0.25) is 0 Å². The Morgan fingerprint density at radius 2 is 2.39 bits per heavy atom. The van der Waals surface area contributed by atoms with Gasteiger partial charge in [-0.25, -0.2) is 0 Å². The van der Waals surface area contributed by atoms with Crippen LogP contribution in [-0.2, 0) is 4.74 Å². The maximum absolute atomic E-state index is 6.27. The largest absolute Gasteiger partial charge is 0.372 e. The topological polar surface area (TPSA) is 34.1 Å². The second-order valence-electron chi connectivity index (χ2n) is 5.76. The lowest BCUT2D eigenvalue weighted by Gasteiger charge is -2.43. The first-order valence-electron chi connectivity index (χ1n) is 7.08. The van der Waals surface area contributed by atoms with Crippen LogP contribution < -0.4 is 5.32 Å². The summed E-state index contributed by atoms with van der Waals surface area (Å²) in [5.74, 6) is 0.839. The summed E-state index contributed by atoms with van der Waals surface area (Å²) < 4.78 is 10.8. The molecule has 18 heavy (non-hydrogen) atoms. The summed E-state index contributed by atoms with van der Waals surface area (Å²) in [5, 5.41) is 5.71. The van der Waals surface area contributed by atoms with Crippen LogP contribution in [0.5, 0.6) is 0 Å². The van der Waals surface area contributed by atoms with Gasteiger partial charge in [0, 0.05) is 11.9 Å². The smallest absolute Gasteiger partial charge is 0.0892 e. The fourth-order valence-electron chi connectivity index (χ4n) is 3.41. The van der Waals surface area contributed by atoms with Crippen LogP contribution in [0.3, 0.4) is 0 Å². The first-order chi connectivity index (χ1) is 8.80. The van der Waals surface area contributed by atoms with Crippen LogP contribution in [0.1, 0.15) is 50.8 Å². The molecule has 3 rings (SSSR count). The summed E-state index contributed by atoms with van der Waals surface area (Å²) in [7, 11) is 0. The molecule has 1 N–H and O–H groups in total. The maximum atomic E-state index is 6.27. The van der Waals surface area contributed by atoms with Crippen molar-refractivity contribution in [2.45, 2.75) is 50.7 Å². The number of hydrogen-bond acceptors (Lipinski definition) is 4. The zero-order valence-electron chi connectivity index (χ0n) is 11.0. The Morgan fingerprint density at radius 1 is 1.44 bits per heavy atom. The Balaban J connectivity index is 1.86. The van der Waals surface area contributed by atoms with Crippen molar-refractivity contribution in [1.29, 1.82) is 0 Å². The number of nitrogens with zero attached hydrogens (tertiary/aromatic N) is 1. The SMILES string of the molecule is CC1CCCC2(CC1)OCCNC2c1ccsn1. The van der Waals surface area contributed by atoms with Crippen molar-refractivity contribution < 1.29 is 4.74 Å². The highest BCUT2D eigenvalue weighted by Gasteiger charge is 2.44. The van der Waals surface area contributed by atoms with E-state index in [2.05, 4.69) is 28.1 Å². The number of rotatable bonds is 1. The zero-order chi connectivity index (χ0) is 12.4. The van der Waals surface area contributed by atoms with E-state index in [1.165, 1.54) is 37.8 Å². The lowest BCUT2D eigenvalue weighted by molar-refractivity contribution is -0.109. The monoisotopic (exact) mass is 266 g/mol. The van der Waals surface area contributed by atoms with E-state index in [9.17, 15) is 0 Å². The molecular formula is C14H22N2OS. The molecule has 100 valence electrons. The first-order valence-corrected chi connectivity index (χ1v) is 7.91. The zero-order valence-corrected chi connectivity index (χ0v) is 11.8. The summed E-state index contributed by atoms with van der Waals surface area (Å²) in [6, 6.07) is 2.44. The lowest BCUT2D eigenvalue weighted by Crippen LogP contribution is -2.52. The second-order valence-corrected chi connectivity index (χ2v) is 6.43. The van der Waals surface area contributed by atoms with Gasteiger partial charge in [-0.15, -0.1) is 0 Å². The standard InChI is InChI=1S/C14H22N2OS/c1-11-3-2-6-14(7-4-11)13(15-8-9-17-14)12-5-10-18-16-12/h5,10-11,13,15H,2-4,6-9H2,1H3. The molecule has 0 amide bonds. The van der Waals surface area contributed by atoms with Crippen LogP contribution in [0, 0.1) is 5.92 Å². The summed E-state index contributed by atoms with van der Waals surface area (Å²) in [6.07, 6.45) is 6.25. The summed E-state index contributed by atoms with van der Waals surface area (Å²) in [6.45, 7) is 4.15. The molecule has 1 saturated heterocycles. The average molecular weight is 266 g/mol. The van der Waals surface area contributed by atoms with Crippen LogP contribution in [0.15, 0.2) is 11.4 Å². The number of hydrogen-bond donors (Lipinski definition) is 1. The average Bonchev–Trinajstić information content (AvgIpc) is 2.84. The molecular weight excluding hydrogens is 244 g/mol. The van der Waals surface area contributed by atoms with Crippen molar-refractivity contribution >= 4 is 11.5 Å². The molecule has 0 bridgehead atoms. The van der Waals surface area contributed by atoms with Crippen LogP contribution in [0.4, 0.5) is 0 Å². The fraction of sp³-hybridized carbons (Fsp3) is 0.786. The summed E-state index contributed by atoms with van der Waals surface area (Å²) in [4.78, 5) is 0. The van der Waals surface area contributed by atoms with E-state index in [1.54, 1.807) is 11.5 Å². The molecule has 1 aliphatic heterocycles. The minimum Gasteiger partial charge on any atom is -0.372 e. The molecule has 1 spiro atoms. The van der Waals surface area contributed by atoms with Crippen LogP contribution in [0.2, 0.25) is 0 Å². The van der Waals surface area contributed by atoms with Gasteiger partial charge in [-0.2, -0.15) is 4.37 Å². The van der Waals surface area contributed by atoms with E-state index in [0.29, 0.717) is 6.04 Å². The Kier molecular flexibility index (Phi) is 3.68. The molecule has 2 aliphatic rings. The van der Waals surface area contributed by atoms with Gasteiger partial charge in [-0.1, -0.05) is 19.8 Å². The van der Waals surface area contributed by atoms with Gasteiger partial charge in [-0.3, -0.25) is 0 Å². The maximum Gasteiger partial charge on any atom is 0.0892 e. The van der Waals surface area contributed by atoms with Crippen molar-refractivity contribution in [3.63, 3.8) is 0 Å². The van der Waals surface area contributed by atoms with E-state index in [4.69, 9.17) is 4.74 Å². The number of ether oxygens (including phenoxy) is 1. The third kappa shape index (κ3) is 2.33. The second kappa shape index (κ2) is 5.27. The van der Waals surface area contributed by atoms with Crippen molar-refractivity contribution in [3.05, 3.63) is 17.1 Å². The highest BCUT2D eigenvalue weighted by Crippen LogP contribution is 2.42. The van der Waals surface area contributed by atoms with Gasteiger partial charge in [0.05, 0.1) is 23.9 Å². The van der Waals surface area contributed by atoms with E-state index in [1.807, 2.05) is 0 Å². The molecule has 1 aromatic rings. The Labute approximate surface area is 113 Å². The molecule has 1 saturated carbocycles. The highest BCUT2D eigenvalue weighted by molar-refractivity contribution is 7.03. The number of morpholine rings is 1. The van der Waals surface area contributed by atoms with Crippen molar-refractivity contribution in [2.75, 3.05) is 13.2 Å². The minimum atomic E-state index is -0.00289. The molecule has 4 heteroatoms. The quantitative estimate of drug-likeness (QED) is 0.848. The molecule has 0 aromatic carbocycles. The Hall–Kier alpha value is -0.450. The van der Waals surface area contributed by atoms with Crippen LogP contribution in [0.25, 0.3) is 0 Å². The Morgan fingerprint density at radius 3 is 3.22 bits per heavy atom. The van der Waals surface area contributed by atoms with Gasteiger partial charge in [0.15, 0.2) is 0 Å². The molecule has 2 heterocycles. The van der Waals surface area contributed by atoms with Crippen LogP contribution >= 0.6 is 11.5 Å². The van der Waals surface area contributed by atoms with Crippen molar-refractivity contribution in [2.24, 2.45) is 5.92 Å². The molecule has 0 radical (unpaired) electrons. The van der Waals surface area contributed by atoms with Crippen molar-refractivity contribution in [3.8, 4) is 0 Å². The lowest BCUT2D eigenvalue weighted by atomic mass is 9.83. The van der Waals surface area contributed by atoms with E-state index in [0.717, 1.165) is 19.1 Å². The molecule has 1 aromatic heterocycles. The normalized spacial score (nSPS) is 37.6. The molecule has 3 unspecified atom stereocenters. The van der Waals surface area contributed by atoms with Crippen molar-refractivity contribution in [1.82, 2.24) is 9.69 Å². The van der Waals surface area contributed by atoms with Gasteiger partial charge >= 0.3 is 0 Å². The predicted octanol–water partition coefficient (Wildman–Crippen LogP) is 3.14. The molecule has 1 aliphatic carbocycles. The molecule has 2 fully saturated rings. The molecule has 3 nitrogen and oxygen atoms in total. The number of aromatic nitrogens is 1. The van der Waals surface area contributed by atoms with E-state index in [-0.39, 0.29) is 5.60 Å². The fourth-order valence-corrected chi connectivity index (χ4v) is 3.96. The summed E-state index contributed by atoms with van der Waals surface area (Å²) in [5.41, 5.74) is 1.17. The predicted molar refractivity (Wildman–Crippen MR) is 73.8 cm³/mol. The molecule has 3 atom stereocenters. The summed E-state index contributed by atoms with van der Waals surface area (Å²) >= 11 is 1.54.